The van der Waals surface area contributed by atoms with E-state index in [0.717, 1.165) is 17.7 Å². The molecule has 1 heterocycles. The topological polar surface area (TPSA) is 43.8 Å². The highest BCUT2D eigenvalue weighted by atomic mass is 15.3. The Morgan fingerprint density at radius 1 is 1.05 bits per heavy atom. The summed E-state index contributed by atoms with van der Waals surface area (Å²) in [7, 11) is 0. The molecule has 2 aromatic carbocycles. The predicted molar refractivity (Wildman–Crippen MR) is 86.4 cm³/mol. The van der Waals surface area contributed by atoms with Crippen molar-refractivity contribution in [1.82, 2.24) is 9.78 Å². The average Bonchev–Trinajstić information content (AvgIpc) is 2.98. The Labute approximate surface area is 125 Å². The van der Waals surface area contributed by atoms with Gasteiger partial charge in [-0.15, -0.1) is 0 Å². The first-order valence-corrected chi connectivity index (χ1v) is 7.17. The van der Waals surface area contributed by atoms with E-state index < -0.39 is 0 Å². The van der Waals surface area contributed by atoms with E-state index in [9.17, 15) is 0 Å². The molecule has 21 heavy (non-hydrogen) atoms. The maximum atomic E-state index is 5.87. The van der Waals surface area contributed by atoms with E-state index in [1.54, 1.807) is 0 Å². The van der Waals surface area contributed by atoms with E-state index in [0.29, 0.717) is 0 Å². The Hall–Kier alpha value is -2.39. The molecule has 0 radical (unpaired) electrons. The summed E-state index contributed by atoms with van der Waals surface area (Å²) in [6.07, 6.45) is 4.83. The SMILES string of the molecule is CC(N)Cc1cccc(-n2cc(-c3ccccc3)cn2)c1. The van der Waals surface area contributed by atoms with Gasteiger partial charge in [-0.1, -0.05) is 42.5 Å². The van der Waals surface area contributed by atoms with Gasteiger partial charge in [0.25, 0.3) is 0 Å². The van der Waals surface area contributed by atoms with Crippen LogP contribution in [0.4, 0.5) is 0 Å². The molecule has 0 saturated heterocycles. The minimum absolute atomic E-state index is 0.165. The Balaban J connectivity index is 1.90. The van der Waals surface area contributed by atoms with E-state index in [1.165, 1.54) is 11.1 Å². The number of aromatic nitrogens is 2. The molecule has 0 fully saturated rings. The van der Waals surface area contributed by atoms with Gasteiger partial charge < -0.3 is 5.73 Å². The van der Waals surface area contributed by atoms with Gasteiger partial charge in [-0.05, 0) is 36.6 Å². The van der Waals surface area contributed by atoms with E-state index in [2.05, 4.69) is 47.7 Å². The molecule has 0 aliphatic rings. The van der Waals surface area contributed by atoms with Crippen LogP contribution in [0.25, 0.3) is 16.8 Å². The van der Waals surface area contributed by atoms with E-state index >= 15 is 0 Å². The molecule has 0 saturated carbocycles. The first-order valence-electron chi connectivity index (χ1n) is 7.17. The van der Waals surface area contributed by atoms with Gasteiger partial charge in [0.1, 0.15) is 0 Å². The van der Waals surface area contributed by atoms with Crippen molar-refractivity contribution in [3.05, 3.63) is 72.6 Å². The van der Waals surface area contributed by atoms with Crippen LogP contribution < -0.4 is 5.73 Å². The van der Waals surface area contributed by atoms with Crippen LogP contribution in [-0.2, 0) is 6.42 Å². The van der Waals surface area contributed by atoms with Crippen LogP contribution in [0.1, 0.15) is 12.5 Å². The molecule has 106 valence electrons. The van der Waals surface area contributed by atoms with E-state index in [4.69, 9.17) is 5.73 Å². The zero-order valence-electron chi connectivity index (χ0n) is 12.1. The van der Waals surface area contributed by atoms with Crippen LogP contribution in [0, 0.1) is 0 Å². The molecule has 0 aliphatic carbocycles. The zero-order valence-corrected chi connectivity index (χ0v) is 12.1. The standard InChI is InChI=1S/C18H19N3/c1-14(19)10-15-6-5-9-18(11-15)21-13-17(12-20-21)16-7-3-2-4-8-16/h2-9,11-14H,10,19H2,1H3. The van der Waals surface area contributed by atoms with Crippen LogP contribution in [0.15, 0.2) is 67.0 Å². The van der Waals surface area contributed by atoms with Crippen molar-refractivity contribution in [3.8, 4) is 16.8 Å². The lowest BCUT2D eigenvalue weighted by atomic mass is 10.1. The van der Waals surface area contributed by atoms with Gasteiger partial charge in [-0.3, -0.25) is 0 Å². The van der Waals surface area contributed by atoms with E-state index in [1.807, 2.05) is 36.0 Å². The summed E-state index contributed by atoms with van der Waals surface area (Å²) in [4.78, 5) is 0. The van der Waals surface area contributed by atoms with Crippen molar-refractivity contribution in [2.75, 3.05) is 0 Å². The number of hydrogen-bond acceptors (Lipinski definition) is 2. The lowest BCUT2D eigenvalue weighted by Crippen LogP contribution is -2.17. The Bertz CT molecular complexity index is 714. The van der Waals surface area contributed by atoms with Crippen molar-refractivity contribution in [3.63, 3.8) is 0 Å². The van der Waals surface area contributed by atoms with Gasteiger partial charge in [0.15, 0.2) is 0 Å². The molecule has 3 rings (SSSR count). The molecular formula is C18H19N3. The largest absolute Gasteiger partial charge is 0.328 e. The molecular weight excluding hydrogens is 258 g/mol. The fraction of sp³-hybridized carbons (Fsp3) is 0.167. The highest BCUT2D eigenvalue weighted by molar-refractivity contribution is 5.62. The Kier molecular flexibility index (Phi) is 3.84. The highest BCUT2D eigenvalue weighted by Gasteiger charge is 2.04. The molecule has 1 atom stereocenters. The number of nitrogens with two attached hydrogens (primary N) is 1. The van der Waals surface area contributed by atoms with Gasteiger partial charge in [-0.25, -0.2) is 4.68 Å². The smallest absolute Gasteiger partial charge is 0.0648 e. The van der Waals surface area contributed by atoms with Crippen LogP contribution >= 0.6 is 0 Å². The molecule has 1 aromatic heterocycles. The molecule has 3 heteroatoms. The number of rotatable bonds is 4. The number of nitrogens with zero attached hydrogens (tertiary/aromatic N) is 2. The lowest BCUT2D eigenvalue weighted by Gasteiger charge is -2.07. The quantitative estimate of drug-likeness (QED) is 0.794. The van der Waals surface area contributed by atoms with Crippen molar-refractivity contribution in [2.45, 2.75) is 19.4 Å². The van der Waals surface area contributed by atoms with Gasteiger partial charge in [0.2, 0.25) is 0 Å². The predicted octanol–water partition coefficient (Wildman–Crippen LogP) is 3.43. The van der Waals surface area contributed by atoms with Gasteiger partial charge in [0, 0.05) is 17.8 Å². The Morgan fingerprint density at radius 3 is 2.62 bits per heavy atom. The monoisotopic (exact) mass is 277 g/mol. The third kappa shape index (κ3) is 3.20. The second kappa shape index (κ2) is 5.94. The lowest BCUT2D eigenvalue weighted by molar-refractivity contribution is 0.736. The second-order valence-corrected chi connectivity index (χ2v) is 5.39. The highest BCUT2D eigenvalue weighted by Crippen LogP contribution is 2.20. The fourth-order valence-electron chi connectivity index (χ4n) is 2.44. The summed E-state index contributed by atoms with van der Waals surface area (Å²) in [5.41, 5.74) is 10.5. The maximum absolute atomic E-state index is 5.87. The third-order valence-electron chi connectivity index (χ3n) is 3.42. The van der Waals surface area contributed by atoms with Crippen LogP contribution in [0.5, 0.6) is 0 Å². The average molecular weight is 277 g/mol. The van der Waals surface area contributed by atoms with Crippen molar-refractivity contribution >= 4 is 0 Å². The number of hydrogen-bond donors (Lipinski definition) is 1. The summed E-state index contributed by atoms with van der Waals surface area (Å²) in [5, 5.41) is 4.47. The summed E-state index contributed by atoms with van der Waals surface area (Å²) in [5.74, 6) is 0. The minimum Gasteiger partial charge on any atom is -0.328 e. The van der Waals surface area contributed by atoms with Gasteiger partial charge in [-0.2, -0.15) is 5.10 Å². The molecule has 2 N–H and O–H groups in total. The van der Waals surface area contributed by atoms with Crippen molar-refractivity contribution < 1.29 is 0 Å². The summed E-state index contributed by atoms with van der Waals surface area (Å²) in [6.45, 7) is 2.02. The summed E-state index contributed by atoms with van der Waals surface area (Å²) in [6, 6.07) is 18.8. The summed E-state index contributed by atoms with van der Waals surface area (Å²) >= 11 is 0. The molecule has 1 unspecified atom stereocenters. The second-order valence-electron chi connectivity index (χ2n) is 5.39. The normalized spacial score (nSPS) is 12.3. The van der Waals surface area contributed by atoms with Crippen molar-refractivity contribution in [1.29, 1.82) is 0 Å². The van der Waals surface area contributed by atoms with Crippen molar-refractivity contribution in [2.24, 2.45) is 5.73 Å². The molecule has 3 nitrogen and oxygen atoms in total. The molecule has 0 bridgehead atoms. The first kappa shape index (κ1) is 13.6. The third-order valence-corrected chi connectivity index (χ3v) is 3.42. The van der Waals surface area contributed by atoms with Crippen LogP contribution in [0.2, 0.25) is 0 Å². The fourth-order valence-corrected chi connectivity index (χ4v) is 2.44. The molecule has 0 spiro atoms. The maximum Gasteiger partial charge on any atom is 0.0648 e. The Morgan fingerprint density at radius 2 is 1.86 bits per heavy atom. The molecule has 0 aliphatic heterocycles. The van der Waals surface area contributed by atoms with Gasteiger partial charge in [0.05, 0.1) is 11.9 Å². The van der Waals surface area contributed by atoms with Crippen LogP contribution in [0.3, 0.4) is 0 Å². The van der Waals surface area contributed by atoms with Crippen LogP contribution in [-0.4, -0.2) is 15.8 Å². The van der Waals surface area contributed by atoms with E-state index in [-0.39, 0.29) is 6.04 Å². The molecule has 0 amide bonds. The first-order chi connectivity index (χ1) is 10.2. The summed E-state index contributed by atoms with van der Waals surface area (Å²) < 4.78 is 1.91. The van der Waals surface area contributed by atoms with Gasteiger partial charge >= 0.3 is 0 Å². The molecule has 3 aromatic rings. The minimum atomic E-state index is 0.165. The number of benzene rings is 2. The zero-order chi connectivity index (χ0) is 14.7.